The van der Waals surface area contributed by atoms with Gasteiger partial charge >= 0.3 is 0 Å². The van der Waals surface area contributed by atoms with Crippen molar-refractivity contribution >= 4 is 11.6 Å². The van der Waals surface area contributed by atoms with E-state index >= 15 is 0 Å². The van der Waals surface area contributed by atoms with E-state index in [1.54, 1.807) is 0 Å². The van der Waals surface area contributed by atoms with E-state index in [0.29, 0.717) is 0 Å². The second kappa shape index (κ2) is 10.1. The summed E-state index contributed by atoms with van der Waals surface area (Å²) >= 11 is 6.15. The van der Waals surface area contributed by atoms with Gasteiger partial charge in [-0.1, -0.05) is 38.3 Å². The molecule has 1 aromatic rings. The van der Waals surface area contributed by atoms with Crippen LogP contribution >= 0.6 is 11.6 Å². The first kappa shape index (κ1) is 18.3. The molecule has 0 atom stereocenters. The Hall–Kier alpha value is -0.730. The number of rotatable bonds is 10. The molecule has 0 radical (unpaired) electrons. The van der Waals surface area contributed by atoms with Crippen molar-refractivity contribution in [2.45, 2.75) is 53.4 Å². The maximum Gasteiger partial charge on any atom is 0.119 e. The highest BCUT2D eigenvalue weighted by Crippen LogP contribution is 2.25. The third kappa shape index (κ3) is 7.73. The molecule has 1 rings (SSSR count). The van der Waals surface area contributed by atoms with Crippen molar-refractivity contribution in [2.24, 2.45) is 5.92 Å². The smallest absolute Gasteiger partial charge is 0.119 e. The summed E-state index contributed by atoms with van der Waals surface area (Å²) in [5.74, 6) is 1.68. The molecule has 0 aliphatic heterocycles. The molecule has 2 nitrogen and oxygen atoms in total. The largest absolute Gasteiger partial charge is 0.494 e. The molecule has 0 fully saturated rings. The summed E-state index contributed by atoms with van der Waals surface area (Å²) in [5, 5.41) is 4.32. The molecule has 0 bridgehead atoms. The van der Waals surface area contributed by atoms with E-state index in [4.69, 9.17) is 16.3 Å². The lowest BCUT2D eigenvalue weighted by molar-refractivity contribution is 0.304. The molecule has 0 heterocycles. The predicted octanol–water partition coefficient (Wildman–Crippen LogP) is 5.14. The molecule has 0 aliphatic rings. The van der Waals surface area contributed by atoms with E-state index < -0.39 is 0 Å². The van der Waals surface area contributed by atoms with Crippen LogP contribution in [0.4, 0.5) is 0 Å². The van der Waals surface area contributed by atoms with Crippen molar-refractivity contribution < 1.29 is 4.74 Å². The summed E-state index contributed by atoms with van der Waals surface area (Å²) in [6.45, 7) is 11.6. The van der Waals surface area contributed by atoms with E-state index in [9.17, 15) is 0 Å². The van der Waals surface area contributed by atoms with Crippen LogP contribution in [0.1, 0.15) is 50.7 Å². The number of benzene rings is 1. The maximum absolute atomic E-state index is 6.15. The highest BCUT2D eigenvalue weighted by molar-refractivity contribution is 6.32. The topological polar surface area (TPSA) is 21.3 Å². The van der Waals surface area contributed by atoms with E-state index in [2.05, 4.69) is 19.2 Å². The van der Waals surface area contributed by atoms with Crippen LogP contribution in [0.2, 0.25) is 5.02 Å². The zero-order chi connectivity index (χ0) is 15.7. The second-order valence-electron chi connectivity index (χ2n) is 6.23. The number of aryl methyl sites for hydroxylation is 2. The van der Waals surface area contributed by atoms with Crippen LogP contribution in [0.15, 0.2) is 12.1 Å². The van der Waals surface area contributed by atoms with Crippen LogP contribution in [0.3, 0.4) is 0 Å². The summed E-state index contributed by atoms with van der Waals surface area (Å²) in [5.41, 5.74) is 2.17. The molecule has 1 aromatic carbocycles. The molecule has 0 unspecified atom stereocenters. The average molecular weight is 312 g/mol. The summed E-state index contributed by atoms with van der Waals surface area (Å²) in [7, 11) is 0. The van der Waals surface area contributed by atoms with Gasteiger partial charge in [0, 0.05) is 5.02 Å². The number of hydrogen-bond donors (Lipinski definition) is 1. The van der Waals surface area contributed by atoms with Gasteiger partial charge in [0.1, 0.15) is 5.75 Å². The van der Waals surface area contributed by atoms with Crippen molar-refractivity contribution in [3.05, 3.63) is 28.3 Å². The van der Waals surface area contributed by atoms with E-state index in [-0.39, 0.29) is 0 Å². The van der Waals surface area contributed by atoms with Crippen LogP contribution in [-0.4, -0.2) is 19.7 Å². The van der Waals surface area contributed by atoms with Crippen LogP contribution in [0.5, 0.6) is 5.75 Å². The van der Waals surface area contributed by atoms with Crippen LogP contribution in [-0.2, 0) is 0 Å². The van der Waals surface area contributed by atoms with Gasteiger partial charge in [0.05, 0.1) is 6.61 Å². The van der Waals surface area contributed by atoms with Gasteiger partial charge in [0.25, 0.3) is 0 Å². The Bertz CT molecular complexity index is 395. The molecule has 0 saturated carbocycles. The van der Waals surface area contributed by atoms with E-state index in [0.717, 1.165) is 53.9 Å². The third-order valence-corrected chi connectivity index (χ3v) is 4.08. The molecule has 21 heavy (non-hydrogen) atoms. The Labute approximate surface area is 135 Å². The van der Waals surface area contributed by atoms with Gasteiger partial charge in [-0.2, -0.15) is 0 Å². The van der Waals surface area contributed by atoms with Gasteiger partial charge in [0.2, 0.25) is 0 Å². The Morgan fingerprint density at radius 2 is 1.67 bits per heavy atom. The van der Waals surface area contributed by atoms with Gasteiger partial charge in [-0.05, 0) is 69.0 Å². The average Bonchev–Trinajstić information content (AvgIpc) is 2.42. The van der Waals surface area contributed by atoms with Gasteiger partial charge < -0.3 is 10.1 Å². The monoisotopic (exact) mass is 311 g/mol. The second-order valence-corrected chi connectivity index (χ2v) is 6.61. The van der Waals surface area contributed by atoms with Crippen molar-refractivity contribution in [2.75, 3.05) is 19.7 Å². The fourth-order valence-corrected chi connectivity index (χ4v) is 2.38. The molecule has 0 amide bonds. The molecule has 0 aromatic heterocycles. The number of ether oxygens (including phenoxy) is 1. The molecular formula is C18H30ClNO. The summed E-state index contributed by atoms with van der Waals surface area (Å²) in [6, 6.07) is 4.04. The normalized spacial score (nSPS) is 11.1. The SMILES string of the molecule is Cc1cc(OCCCCCCNCC(C)C)cc(C)c1Cl. The predicted molar refractivity (Wildman–Crippen MR) is 92.6 cm³/mol. The Morgan fingerprint density at radius 1 is 1.05 bits per heavy atom. The van der Waals surface area contributed by atoms with E-state index in [1.807, 2.05) is 26.0 Å². The lowest BCUT2D eigenvalue weighted by atomic mass is 10.1. The minimum absolute atomic E-state index is 0.740. The van der Waals surface area contributed by atoms with Gasteiger partial charge in [-0.25, -0.2) is 0 Å². The Balaban J connectivity index is 2.07. The number of unbranched alkanes of at least 4 members (excludes halogenated alkanes) is 3. The lowest BCUT2D eigenvalue weighted by Crippen LogP contribution is -2.20. The highest BCUT2D eigenvalue weighted by atomic mass is 35.5. The van der Waals surface area contributed by atoms with Crippen molar-refractivity contribution in [1.82, 2.24) is 5.32 Å². The summed E-state index contributed by atoms with van der Waals surface area (Å²) in [4.78, 5) is 0. The number of hydrogen-bond acceptors (Lipinski definition) is 2. The van der Waals surface area contributed by atoms with Crippen LogP contribution in [0, 0.1) is 19.8 Å². The Morgan fingerprint density at radius 3 is 2.29 bits per heavy atom. The summed E-state index contributed by atoms with van der Waals surface area (Å²) < 4.78 is 5.81. The fourth-order valence-electron chi connectivity index (χ4n) is 2.28. The first-order valence-corrected chi connectivity index (χ1v) is 8.48. The fraction of sp³-hybridized carbons (Fsp3) is 0.667. The third-order valence-electron chi connectivity index (χ3n) is 3.48. The first-order valence-electron chi connectivity index (χ1n) is 8.11. The molecule has 120 valence electrons. The zero-order valence-electron chi connectivity index (χ0n) is 14.0. The van der Waals surface area contributed by atoms with Crippen LogP contribution < -0.4 is 10.1 Å². The zero-order valence-corrected chi connectivity index (χ0v) is 14.7. The molecule has 0 spiro atoms. The minimum atomic E-state index is 0.740. The van der Waals surface area contributed by atoms with Crippen molar-refractivity contribution in [1.29, 1.82) is 0 Å². The van der Waals surface area contributed by atoms with Gasteiger partial charge in [0.15, 0.2) is 0 Å². The molecule has 1 N–H and O–H groups in total. The lowest BCUT2D eigenvalue weighted by Gasteiger charge is -2.10. The Kier molecular flexibility index (Phi) is 8.79. The quantitative estimate of drug-likeness (QED) is 0.604. The molecular weight excluding hydrogens is 282 g/mol. The summed E-state index contributed by atoms with van der Waals surface area (Å²) in [6.07, 6.45) is 4.87. The number of nitrogens with one attached hydrogen (secondary N) is 1. The molecule has 0 aliphatic carbocycles. The minimum Gasteiger partial charge on any atom is -0.494 e. The molecule has 0 saturated heterocycles. The first-order chi connectivity index (χ1) is 10.0. The maximum atomic E-state index is 6.15. The molecule has 3 heteroatoms. The van der Waals surface area contributed by atoms with Crippen molar-refractivity contribution in [3.63, 3.8) is 0 Å². The standard InChI is InChI=1S/C18H30ClNO/c1-14(2)13-20-9-7-5-6-8-10-21-17-11-15(3)18(19)16(4)12-17/h11-12,14,20H,5-10,13H2,1-4H3. The van der Waals surface area contributed by atoms with Gasteiger partial charge in [-0.3, -0.25) is 0 Å². The van der Waals surface area contributed by atoms with Gasteiger partial charge in [-0.15, -0.1) is 0 Å². The highest BCUT2D eigenvalue weighted by Gasteiger charge is 2.03. The van der Waals surface area contributed by atoms with Crippen LogP contribution in [0.25, 0.3) is 0 Å². The number of halogens is 1. The van der Waals surface area contributed by atoms with Crippen molar-refractivity contribution in [3.8, 4) is 5.75 Å². The van der Waals surface area contributed by atoms with E-state index in [1.165, 1.54) is 19.3 Å².